The normalized spacial score (nSPS) is 14.0. The molecule has 0 amide bonds. The highest BCUT2D eigenvalue weighted by molar-refractivity contribution is 5.87. The van der Waals surface area contributed by atoms with Crippen molar-refractivity contribution in [2.45, 2.75) is 13.0 Å². The van der Waals surface area contributed by atoms with E-state index < -0.39 is 0 Å². The first-order chi connectivity index (χ1) is 9.84. The zero-order chi connectivity index (χ0) is 13.5. The quantitative estimate of drug-likeness (QED) is 0.673. The molecule has 0 aliphatic carbocycles. The fourth-order valence-electron chi connectivity index (χ4n) is 3.23. The van der Waals surface area contributed by atoms with Gasteiger partial charge in [-0.3, -0.25) is 4.98 Å². The fraction of sp³-hybridized carbons (Fsp3) is 0.235. The molecule has 0 fully saturated rings. The van der Waals surface area contributed by atoms with Crippen molar-refractivity contribution in [3.05, 3.63) is 60.0 Å². The molecule has 0 radical (unpaired) electrons. The molecular formula is C17H19Cl2N3. The third-order valence-electron chi connectivity index (χ3n) is 4.17. The van der Waals surface area contributed by atoms with Gasteiger partial charge < -0.3 is 9.47 Å². The van der Waals surface area contributed by atoms with Gasteiger partial charge in [0.2, 0.25) is 0 Å². The van der Waals surface area contributed by atoms with Gasteiger partial charge in [0, 0.05) is 48.7 Å². The summed E-state index contributed by atoms with van der Waals surface area (Å²) in [4.78, 5) is 6.53. The maximum Gasteiger partial charge on any atom is 0.0534 e. The van der Waals surface area contributed by atoms with Crippen molar-refractivity contribution in [3.63, 3.8) is 0 Å². The first kappa shape index (κ1) is 16.8. The Bertz CT molecular complexity index is 768. The van der Waals surface area contributed by atoms with Gasteiger partial charge in [0.1, 0.15) is 0 Å². The molecule has 22 heavy (non-hydrogen) atoms. The topological polar surface area (TPSA) is 21.1 Å². The van der Waals surface area contributed by atoms with Crippen molar-refractivity contribution in [3.8, 4) is 5.69 Å². The highest BCUT2D eigenvalue weighted by atomic mass is 35.5. The smallest absolute Gasteiger partial charge is 0.0534 e. The SMILES string of the molecule is CN1CCc2c(c3ccccc3n2-c2ccncc2)C1.Cl.Cl. The van der Waals surface area contributed by atoms with Crippen molar-refractivity contribution < 1.29 is 0 Å². The molecule has 3 nitrogen and oxygen atoms in total. The predicted octanol–water partition coefficient (Wildman–Crippen LogP) is 3.86. The van der Waals surface area contributed by atoms with Crippen LogP contribution >= 0.6 is 24.8 Å². The van der Waals surface area contributed by atoms with Gasteiger partial charge in [-0.05, 0) is 30.8 Å². The molecule has 116 valence electrons. The van der Waals surface area contributed by atoms with Crippen LogP contribution in [0, 0.1) is 0 Å². The Balaban J connectivity index is 0.000000882. The molecule has 4 rings (SSSR count). The largest absolute Gasteiger partial charge is 0.313 e. The van der Waals surface area contributed by atoms with Crippen LogP contribution in [0.15, 0.2) is 48.8 Å². The number of fused-ring (bicyclic) bond motifs is 3. The number of halogens is 2. The summed E-state index contributed by atoms with van der Waals surface area (Å²) in [7, 11) is 2.20. The number of para-hydroxylation sites is 1. The van der Waals surface area contributed by atoms with Crippen molar-refractivity contribution in [2.24, 2.45) is 0 Å². The number of hydrogen-bond donors (Lipinski definition) is 0. The standard InChI is InChI=1S/C17H17N3.2ClH/c1-19-11-8-17-15(12-19)14-4-2-3-5-16(14)20(17)13-6-9-18-10-7-13;;/h2-7,9-10H,8,11-12H2,1H3;2*1H. The van der Waals surface area contributed by atoms with E-state index in [1.165, 1.54) is 27.8 Å². The van der Waals surface area contributed by atoms with Crippen molar-refractivity contribution in [1.82, 2.24) is 14.5 Å². The second-order valence-electron chi connectivity index (χ2n) is 5.47. The van der Waals surface area contributed by atoms with Gasteiger partial charge in [0.05, 0.1) is 5.52 Å². The second kappa shape index (κ2) is 6.69. The molecule has 0 saturated carbocycles. The highest BCUT2D eigenvalue weighted by Crippen LogP contribution is 2.32. The summed E-state index contributed by atoms with van der Waals surface area (Å²) in [6, 6.07) is 12.9. The molecule has 1 aliphatic heterocycles. The Labute approximate surface area is 142 Å². The average Bonchev–Trinajstić information content (AvgIpc) is 2.82. The molecule has 0 atom stereocenters. The van der Waals surface area contributed by atoms with Crippen molar-refractivity contribution >= 4 is 35.7 Å². The Kier molecular flexibility index (Phi) is 5.12. The molecule has 0 N–H and O–H groups in total. The number of hydrogen-bond acceptors (Lipinski definition) is 2. The predicted molar refractivity (Wildman–Crippen MR) is 95.6 cm³/mol. The number of aromatic nitrogens is 2. The Morgan fingerprint density at radius 3 is 2.50 bits per heavy atom. The average molecular weight is 336 g/mol. The van der Waals surface area contributed by atoms with E-state index in [9.17, 15) is 0 Å². The number of pyridine rings is 1. The van der Waals surface area contributed by atoms with Crippen LogP contribution < -0.4 is 0 Å². The van der Waals surface area contributed by atoms with Crippen LogP contribution in [0.2, 0.25) is 0 Å². The van der Waals surface area contributed by atoms with E-state index in [1.54, 1.807) is 0 Å². The lowest BCUT2D eigenvalue weighted by molar-refractivity contribution is 0.311. The molecule has 3 aromatic rings. The molecule has 2 aromatic heterocycles. The number of nitrogens with zero attached hydrogens (tertiary/aromatic N) is 3. The third kappa shape index (κ3) is 2.60. The molecule has 0 unspecified atom stereocenters. The van der Waals surface area contributed by atoms with Crippen LogP contribution in [-0.4, -0.2) is 28.0 Å². The van der Waals surface area contributed by atoms with Gasteiger partial charge in [-0.1, -0.05) is 18.2 Å². The molecule has 3 heterocycles. The van der Waals surface area contributed by atoms with Crippen LogP contribution in [0.5, 0.6) is 0 Å². The summed E-state index contributed by atoms with van der Waals surface area (Å²) in [5, 5.41) is 1.38. The maximum absolute atomic E-state index is 4.14. The first-order valence-corrected chi connectivity index (χ1v) is 7.05. The van der Waals surface area contributed by atoms with E-state index in [-0.39, 0.29) is 24.8 Å². The van der Waals surface area contributed by atoms with Crippen molar-refractivity contribution in [2.75, 3.05) is 13.6 Å². The van der Waals surface area contributed by atoms with Gasteiger partial charge in [0.15, 0.2) is 0 Å². The van der Waals surface area contributed by atoms with Gasteiger partial charge >= 0.3 is 0 Å². The monoisotopic (exact) mass is 335 g/mol. The van der Waals surface area contributed by atoms with Crippen LogP contribution in [0.3, 0.4) is 0 Å². The van der Waals surface area contributed by atoms with Gasteiger partial charge in [-0.25, -0.2) is 0 Å². The van der Waals surface area contributed by atoms with Gasteiger partial charge in [0.25, 0.3) is 0 Å². The van der Waals surface area contributed by atoms with E-state index in [4.69, 9.17) is 0 Å². The van der Waals surface area contributed by atoms with Crippen LogP contribution in [0.1, 0.15) is 11.3 Å². The van der Waals surface area contributed by atoms with E-state index >= 15 is 0 Å². The van der Waals surface area contributed by atoms with Crippen LogP contribution in [-0.2, 0) is 13.0 Å². The minimum absolute atomic E-state index is 0. The summed E-state index contributed by atoms with van der Waals surface area (Å²) in [6.07, 6.45) is 4.83. The minimum atomic E-state index is 0. The zero-order valence-corrected chi connectivity index (χ0v) is 14.0. The number of benzene rings is 1. The number of likely N-dealkylation sites (N-methyl/N-ethyl adjacent to an activating group) is 1. The Morgan fingerprint density at radius 2 is 1.73 bits per heavy atom. The van der Waals surface area contributed by atoms with Crippen LogP contribution in [0.4, 0.5) is 0 Å². The maximum atomic E-state index is 4.14. The lowest BCUT2D eigenvalue weighted by Gasteiger charge is -2.24. The van der Waals surface area contributed by atoms with Crippen molar-refractivity contribution in [1.29, 1.82) is 0 Å². The third-order valence-corrected chi connectivity index (χ3v) is 4.17. The van der Waals surface area contributed by atoms with Gasteiger partial charge in [-0.2, -0.15) is 0 Å². The Hall–Kier alpha value is -1.55. The first-order valence-electron chi connectivity index (χ1n) is 7.05. The molecule has 5 heteroatoms. The van der Waals surface area contributed by atoms with E-state index in [0.29, 0.717) is 0 Å². The summed E-state index contributed by atoms with van der Waals surface area (Å²) >= 11 is 0. The molecular weight excluding hydrogens is 317 g/mol. The highest BCUT2D eigenvalue weighted by Gasteiger charge is 2.22. The van der Waals surface area contributed by atoms with Gasteiger partial charge in [-0.15, -0.1) is 24.8 Å². The summed E-state index contributed by atoms with van der Waals surface area (Å²) in [6.45, 7) is 2.16. The molecule has 0 bridgehead atoms. The summed E-state index contributed by atoms with van der Waals surface area (Å²) in [5.41, 5.74) is 5.45. The van der Waals surface area contributed by atoms with E-state index in [1.807, 2.05) is 12.4 Å². The Morgan fingerprint density at radius 1 is 1.00 bits per heavy atom. The molecule has 0 spiro atoms. The van der Waals surface area contributed by atoms with E-state index in [2.05, 4.69) is 57.9 Å². The lowest BCUT2D eigenvalue weighted by atomic mass is 10.1. The molecule has 1 aromatic carbocycles. The minimum Gasteiger partial charge on any atom is -0.313 e. The molecule has 0 saturated heterocycles. The lowest BCUT2D eigenvalue weighted by Crippen LogP contribution is -2.27. The summed E-state index contributed by atoms with van der Waals surface area (Å²) in [5.74, 6) is 0. The fourth-order valence-corrected chi connectivity index (χ4v) is 3.23. The zero-order valence-electron chi connectivity index (χ0n) is 12.4. The second-order valence-corrected chi connectivity index (χ2v) is 5.47. The van der Waals surface area contributed by atoms with Crippen LogP contribution in [0.25, 0.3) is 16.6 Å². The van der Waals surface area contributed by atoms with E-state index in [0.717, 1.165) is 19.5 Å². The summed E-state index contributed by atoms with van der Waals surface area (Å²) < 4.78 is 2.40. The molecule has 1 aliphatic rings. The number of rotatable bonds is 1.